The maximum absolute atomic E-state index is 12.9. The topological polar surface area (TPSA) is 98.1 Å². The Morgan fingerprint density at radius 3 is 2.57 bits per heavy atom. The van der Waals surface area contributed by atoms with E-state index in [2.05, 4.69) is 15.3 Å². The summed E-state index contributed by atoms with van der Waals surface area (Å²) in [7, 11) is 0. The summed E-state index contributed by atoms with van der Waals surface area (Å²) in [5, 5.41) is 15.0. The molecule has 0 atom stereocenters. The van der Waals surface area contributed by atoms with Gasteiger partial charge in [0.15, 0.2) is 0 Å². The van der Waals surface area contributed by atoms with Crippen LogP contribution in [0.4, 0.5) is 24.5 Å². The lowest BCUT2D eigenvalue weighted by Gasteiger charge is -2.14. The molecule has 6 nitrogen and oxygen atoms in total. The van der Waals surface area contributed by atoms with Gasteiger partial charge in [0.05, 0.1) is 16.8 Å². The summed E-state index contributed by atoms with van der Waals surface area (Å²) in [5.41, 5.74) is 6.62. The summed E-state index contributed by atoms with van der Waals surface area (Å²) >= 11 is 0. The number of para-hydroxylation sites is 1. The van der Waals surface area contributed by atoms with E-state index >= 15 is 0 Å². The molecule has 0 unspecified atom stereocenters. The number of anilines is 1. The number of alkyl halides is 3. The highest BCUT2D eigenvalue weighted by Crippen LogP contribution is 2.35. The predicted octanol–water partition coefficient (Wildman–Crippen LogP) is 4.61. The largest absolute Gasteiger partial charge is 0.507 e. The van der Waals surface area contributed by atoms with Crippen molar-refractivity contribution in [3.8, 4) is 5.75 Å². The first-order valence-electron chi connectivity index (χ1n) is 6.18. The van der Waals surface area contributed by atoms with E-state index in [1.54, 1.807) is 0 Å². The van der Waals surface area contributed by atoms with Crippen molar-refractivity contribution in [2.24, 2.45) is 5.11 Å². The number of halogens is 3. The zero-order valence-corrected chi connectivity index (χ0v) is 11.4. The van der Waals surface area contributed by atoms with Crippen LogP contribution in [-0.4, -0.2) is 11.0 Å². The fourth-order valence-corrected chi connectivity index (χ4v) is 1.85. The first-order chi connectivity index (χ1) is 10.8. The van der Waals surface area contributed by atoms with Crippen molar-refractivity contribution in [1.82, 2.24) is 0 Å². The minimum atomic E-state index is -4.64. The molecule has 23 heavy (non-hydrogen) atoms. The lowest BCUT2D eigenvalue weighted by atomic mass is 10.1. The summed E-state index contributed by atoms with van der Waals surface area (Å²) in [6.45, 7) is 0. The number of azide groups is 1. The monoisotopic (exact) mass is 322 g/mol. The quantitative estimate of drug-likeness (QED) is 0.490. The number of aromatic hydroxyl groups is 1. The average Bonchev–Trinajstić information content (AvgIpc) is 2.49. The van der Waals surface area contributed by atoms with E-state index < -0.39 is 29.1 Å². The molecule has 0 spiro atoms. The molecule has 118 valence electrons. The van der Waals surface area contributed by atoms with Gasteiger partial charge in [-0.1, -0.05) is 17.2 Å². The second kappa shape index (κ2) is 6.29. The predicted molar refractivity (Wildman–Crippen MR) is 76.3 cm³/mol. The summed E-state index contributed by atoms with van der Waals surface area (Å²) in [4.78, 5) is 14.6. The van der Waals surface area contributed by atoms with Crippen molar-refractivity contribution in [2.45, 2.75) is 6.18 Å². The number of hydrogen-bond donors (Lipinski definition) is 2. The van der Waals surface area contributed by atoms with Crippen LogP contribution in [-0.2, 0) is 6.18 Å². The number of benzene rings is 2. The van der Waals surface area contributed by atoms with Crippen LogP contribution in [0.5, 0.6) is 5.75 Å². The SMILES string of the molecule is [N-]=[N+]=Nc1ccc(O)c(C(=O)Nc2ccccc2C(F)(F)F)c1. The van der Waals surface area contributed by atoms with Crippen LogP contribution in [0.25, 0.3) is 10.4 Å². The number of carbonyl (C=O) groups excluding carboxylic acids is 1. The van der Waals surface area contributed by atoms with Crippen LogP contribution in [0, 0.1) is 0 Å². The summed E-state index contributed by atoms with van der Waals surface area (Å²) < 4.78 is 38.7. The molecule has 0 radical (unpaired) electrons. The van der Waals surface area contributed by atoms with Crippen LogP contribution >= 0.6 is 0 Å². The van der Waals surface area contributed by atoms with E-state index in [1.807, 2.05) is 0 Å². The van der Waals surface area contributed by atoms with Crippen LogP contribution < -0.4 is 5.32 Å². The molecule has 0 bridgehead atoms. The van der Waals surface area contributed by atoms with E-state index in [1.165, 1.54) is 18.2 Å². The molecule has 0 heterocycles. The van der Waals surface area contributed by atoms with Crippen LogP contribution in [0.1, 0.15) is 15.9 Å². The Kier molecular flexibility index (Phi) is 4.42. The van der Waals surface area contributed by atoms with E-state index in [-0.39, 0.29) is 11.3 Å². The van der Waals surface area contributed by atoms with Crippen molar-refractivity contribution < 1.29 is 23.1 Å². The fourth-order valence-electron chi connectivity index (χ4n) is 1.85. The van der Waals surface area contributed by atoms with Gasteiger partial charge >= 0.3 is 6.18 Å². The summed E-state index contributed by atoms with van der Waals surface area (Å²) in [5.74, 6) is -1.42. The van der Waals surface area contributed by atoms with Gasteiger partial charge in [-0.3, -0.25) is 4.79 Å². The zero-order chi connectivity index (χ0) is 17.0. The molecule has 0 aliphatic heterocycles. The number of nitrogens with one attached hydrogen (secondary N) is 1. The average molecular weight is 322 g/mol. The minimum absolute atomic E-state index is 0.0413. The number of carbonyl (C=O) groups is 1. The van der Waals surface area contributed by atoms with Gasteiger partial charge in [0.1, 0.15) is 5.75 Å². The number of amides is 1. The maximum atomic E-state index is 12.9. The van der Waals surface area contributed by atoms with Gasteiger partial charge in [-0.2, -0.15) is 13.2 Å². The van der Waals surface area contributed by atoms with Crippen molar-refractivity contribution >= 4 is 17.3 Å². The Hall–Kier alpha value is -3.19. The van der Waals surface area contributed by atoms with E-state index in [9.17, 15) is 23.1 Å². The van der Waals surface area contributed by atoms with Crippen molar-refractivity contribution in [1.29, 1.82) is 0 Å². The lowest BCUT2D eigenvalue weighted by molar-refractivity contribution is -0.136. The molecule has 1 amide bonds. The first-order valence-corrected chi connectivity index (χ1v) is 6.18. The van der Waals surface area contributed by atoms with Crippen molar-refractivity contribution in [3.05, 3.63) is 64.0 Å². The summed E-state index contributed by atoms with van der Waals surface area (Å²) in [6, 6.07) is 7.88. The molecule has 0 saturated heterocycles. The molecule has 0 aliphatic carbocycles. The fraction of sp³-hybridized carbons (Fsp3) is 0.0714. The second-order valence-electron chi connectivity index (χ2n) is 4.39. The van der Waals surface area contributed by atoms with E-state index in [0.717, 1.165) is 24.3 Å². The van der Waals surface area contributed by atoms with Crippen LogP contribution in [0.15, 0.2) is 47.6 Å². The Morgan fingerprint density at radius 2 is 1.91 bits per heavy atom. The molecule has 0 aliphatic rings. The molecular formula is C14H9F3N4O2. The number of phenols is 1. The molecular weight excluding hydrogens is 313 g/mol. The van der Waals surface area contributed by atoms with Crippen molar-refractivity contribution in [2.75, 3.05) is 5.32 Å². The van der Waals surface area contributed by atoms with Crippen LogP contribution in [0.3, 0.4) is 0 Å². The number of rotatable bonds is 3. The van der Waals surface area contributed by atoms with Crippen LogP contribution in [0.2, 0.25) is 0 Å². The molecule has 2 aromatic rings. The summed E-state index contributed by atoms with van der Waals surface area (Å²) in [6.07, 6.45) is -4.64. The van der Waals surface area contributed by atoms with E-state index in [0.29, 0.717) is 0 Å². The van der Waals surface area contributed by atoms with Gasteiger partial charge in [0, 0.05) is 10.6 Å². The highest BCUT2D eigenvalue weighted by atomic mass is 19.4. The third-order valence-corrected chi connectivity index (χ3v) is 2.87. The number of phenolic OH excluding ortho intramolecular Hbond substituents is 1. The third-order valence-electron chi connectivity index (χ3n) is 2.87. The third kappa shape index (κ3) is 3.72. The Labute approximate surface area is 127 Å². The molecule has 2 aromatic carbocycles. The molecule has 0 saturated carbocycles. The molecule has 0 aromatic heterocycles. The van der Waals surface area contributed by atoms with Gasteiger partial charge in [-0.15, -0.1) is 0 Å². The van der Waals surface area contributed by atoms with Gasteiger partial charge in [0.25, 0.3) is 5.91 Å². The highest BCUT2D eigenvalue weighted by molar-refractivity contribution is 6.07. The lowest BCUT2D eigenvalue weighted by Crippen LogP contribution is -2.16. The Balaban J connectivity index is 2.37. The smallest absolute Gasteiger partial charge is 0.418 e. The zero-order valence-electron chi connectivity index (χ0n) is 11.4. The normalized spacial score (nSPS) is 10.7. The highest BCUT2D eigenvalue weighted by Gasteiger charge is 2.33. The minimum Gasteiger partial charge on any atom is -0.507 e. The van der Waals surface area contributed by atoms with Gasteiger partial charge < -0.3 is 10.4 Å². The molecule has 0 fully saturated rings. The Morgan fingerprint density at radius 1 is 1.22 bits per heavy atom. The molecule has 9 heteroatoms. The second-order valence-corrected chi connectivity index (χ2v) is 4.39. The van der Waals surface area contributed by atoms with Gasteiger partial charge in [-0.05, 0) is 35.9 Å². The number of nitrogens with zero attached hydrogens (tertiary/aromatic N) is 3. The first kappa shape index (κ1) is 16.2. The van der Waals surface area contributed by atoms with Crippen molar-refractivity contribution in [3.63, 3.8) is 0 Å². The number of hydrogen-bond acceptors (Lipinski definition) is 3. The maximum Gasteiger partial charge on any atom is 0.418 e. The Bertz CT molecular complexity index is 799. The van der Waals surface area contributed by atoms with E-state index in [4.69, 9.17) is 5.53 Å². The van der Waals surface area contributed by atoms with Gasteiger partial charge in [0.2, 0.25) is 0 Å². The standard InChI is InChI=1S/C14H9F3N4O2/c15-14(16,17)10-3-1-2-4-11(10)19-13(23)9-7-8(20-21-18)5-6-12(9)22/h1-7,22H,(H,19,23). The molecule has 2 rings (SSSR count). The van der Waals surface area contributed by atoms with Gasteiger partial charge in [-0.25, -0.2) is 0 Å². The molecule has 2 N–H and O–H groups in total.